The summed E-state index contributed by atoms with van der Waals surface area (Å²) in [5.74, 6) is 0.699. The number of rotatable bonds is 9. The lowest BCUT2D eigenvalue weighted by atomic mass is 10.0. The normalized spacial score (nSPS) is 18.2. The van der Waals surface area contributed by atoms with E-state index in [1.807, 2.05) is 36.7 Å². The summed E-state index contributed by atoms with van der Waals surface area (Å²) < 4.78 is 5.43. The van der Waals surface area contributed by atoms with Gasteiger partial charge in [0.15, 0.2) is 0 Å². The Morgan fingerprint density at radius 2 is 2.21 bits per heavy atom. The maximum absolute atomic E-state index is 12.8. The van der Waals surface area contributed by atoms with Crippen LogP contribution in [-0.4, -0.2) is 76.9 Å². The topological polar surface area (TPSA) is 86.1 Å². The van der Waals surface area contributed by atoms with Gasteiger partial charge in [-0.05, 0) is 24.1 Å². The van der Waals surface area contributed by atoms with Gasteiger partial charge in [0.25, 0.3) is 0 Å². The number of likely N-dealkylation sites (N-methyl/N-ethyl adjacent to an activating group) is 1. The Kier molecular flexibility index (Phi) is 7.38. The van der Waals surface area contributed by atoms with Crippen LogP contribution in [0.2, 0.25) is 0 Å². The molecular formula is C20H27N3O4S. The van der Waals surface area contributed by atoms with E-state index in [9.17, 15) is 9.90 Å². The van der Waals surface area contributed by atoms with Crippen LogP contribution in [0.5, 0.6) is 5.75 Å². The molecule has 1 aromatic heterocycles. The summed E-state index contributed by atoms with van der Waals surface area (Å²) in [7, 11) is 1.82. The van der Waals surface area contributed by atoms with Crippen molar-refractivity contribution in [3.05, 3.63) is 46.4 Å². The van der Waals surface area contributed by atoms with Crippen molar-refractivity contribution in [2.75, 3.05) is 39.9 Å². The van der Waals surface area contributed by atoms with Crippen molar-refractivity contribution < 1.29 is 19.7 Å². The summed E-state index contributed by atoms with van der Waals surface area (Å²) in [4.78, 5) is 21.0. The molecule has 1 aliphatic rings. The summed E-state index contributed by atoms with van der Waals surface area (Å²) >= 11 is 1.48. The van der Waals surface area contributed by atoms with E-state index in [0.717, 1.165) is 23.5 Å². The monoisotopic (exact) mass is 405 g/mol. The molecule has 0 aliphatic carbocycles. The molecule has 3 rings (SSSR count). The number of carbonyl (C=O) groups excluding carboxylic acids is 1. The number of hydrogen-bond donors (Lipinski definition) is 2. The van der Waals surface area contributed by atoms with Crippen LogP contribution in [0.1, 0.15) is 23.0 Å². The molecule has 1 saturated heterocycles. The largest absolute Gasteiger partial charge is 0.491 e. The van der Waals surface area contributed by atoms with Crippen molar-refractivity contribution in [2.45, 2.75) is 25.0 Å². The van der Waals surface area contributed by atoms with E-state index in [2.05, 4.69) is 9.88 Å². The summed E-state index contributed by atoms with van der Waals surface area (Å²) in [6.45, 7) is 2.33. The second-order valence-corrected chi connectivity index (χ2v) is 7.95. The highest BCUT2D eigenvalue weighted by Crippen LogP contribution is 2.26. The van der Waals surface area contributed by atoms with Crippen LogP contribution >= 0.6 is 11.3 Å². The molecule has 0 saturated carbocycles. The zero-order valence-electron chi connectivity index (χ0n) is 16.0. The van der Waals surface area contributed by atoms with Gasteiger partial charge in [-0.2, -0.15) is 0 Å². The first kappa shape index (κ1) is 20.7. The van der Waals surface area contributed by atoms with Crippen LogP contribution in [0.15, 0.2) is 35.8 Å². The van der Waals surface area contributed by atoms with Crippen LogP contribution in [0.25, 0.3) is 0 Å². The predicted octanol–water partition coefficient (Wildman–Crippen LogP) is 1.32. The van der Waals surface area contributed by atoms with Crippen molar-refractivity contribution in [3.63, 3.8) is 0 Å². The molecule has 28 heavy (non-hydrogen) atoms. The first-order valence-corrected chi connectivity index (χ1v) is 10.3. The van der Waals surface area contributed by atoms with Crippen molar-refractivity contribution in [2.24, 2.45) is 0 Å². The number of likely N-dealkylation sites (tertiary alicyclic amines) is 1. The number of ether oxygens (including phenoxy) is 1. The van der Waals surface area contributed by atoms with Crippen molar-refractivity contribution in [1.82, 2.24) is 14.8 Å². The Labute approximate surface area is 169 Å². The Hall–Kier alpha value is -2.00. The lowest BCUT2D eigenvalue weighted by Gasteiger charge is -2.32. The fourth-order valence-corrected chi connectivity index (χ4v) is 4.00. The number of β-amino-alcohol motifs (C(OH)–C–C–N with tert-alkyl or cyclic N) is 1. The number of aromatic nitrogens is 1. The van der Waals surface area contributed by atoms with E-state index < -0.39 is 0 Å². The molecule has 1 aliphatic heterocycles. The van der Waals surface area contributed by atoms with Crippen LogP contribution in [0.3, 0.4) is 0 Å². The lowest BCUT2D eigenvalue weighted by Crippen LogP contribution is -2.39. The molecule has 1 unspecified atom stereocenters. The summed E-state index contributed by atoms with van der Waals surface area (Å²) in [6.07, 6.45) is 2.45. The van der Waals surface area contributed by atoms with E-state index >= 15 is 0 Å². The van der Waals surface area contributed by atoms with Gasteiger partial charge >= 0.3 is 0 Å². The molecular weight excluding hydrogens is 378 g/mol. The average molecular weight is 406 g/mol. The molecule has 1 amide bonds. The van der Waals surface area contributed by atoms with Gasteiger partial charge in [-0.1, -0.05) is 12.1 Å². The lowest BCUT2D eigenvalue weighted by molar-refractivity contribution is -0.131. The third-order valence-corrected chi connectivity index (χ3v) is 5.73. The highest BCUT2D eigenvalue weighted by Gasteiger charge is 2.28. The average Bonchev–Trinajstić information content (AvgIpc) is 3.36. The van der Waals surface area contributed by atoms with Gasteiger partial charge in [-0.25, -0.2) is 4.98 Å². The Bertz CT molecular complexity index is 738. The van der Waals surface area contributed by atoms with Crippen molar-refractivity contribution >= 4 is 17.2 Å². The zero-order chi connectivity index (χ0) is 19.9. The van der Waals surface area contributed by atoms with Gasteiger partial charge in [0, 0.05) is 38.3 Å². The fourth-order valence-electron chi connectivity index (χ4n) is 3.39. The van der Waals surface area contributed by atoms with E-state index in [1.165, 1.54) is 11.3 Å². The maximum Gasteiger partial charge on any atom is 0.229 e. The van der Waals surface area contributed by atoms with Crippen LogP contribution in [0.4, 0.5) is 0 Å². The summed E-state index contributed by atoms with van der Waals surface area (Å²) in [5, 5.41) is 21.4. The fraction of sp³-hybridized carbons (Fsp3) is 0.500. The van der Waals surface area contributed by atoms with Gasteiger partial charge < -0.3 is 19.8 Å². The highest BCUT2D eigenvalue weighted by molar-refractivity contribution is 7.09. The minimum Gasteiger partial charge on any atom is -0.491 e. The number of amides is 1. The van der Waals surface area contributed by atoms with Gasteiger partial charge in [0.1, 0.15) is 17.4 Å². The minimum atomic E-state index is -0.300. The number of thiazole rings is 1. The number of hydrogen-bond acceptors (Lipinski definition) is 7. The Morgan fingerprint density at radius 1 is 1.43 bits per heavy atom. The van der Waals surface area contributed by atoms with E-state index in [1.54, 1.807) is 11.1 Å². The van der Waals surface area contributed by atoms with Gasteiger partial charge in [0.05, 0.1) is 25.2 Å². The van der Waals surface area contributed by atoms with Gasteiger partial charge in [-0.3, -0.25) is 9.69 Å². The second kappa shape index (κ2) is 9.97. The number of aliphatic hydroxyl groups is 2. The zero-order valence-corrected chi connectivity index (χ0v) is 16.8. The molecule has 2 atom stereocenters. The molecule has 8 heteroatoms. The Morgan fingerprint density at radius 3 is 2.82 bits per heavy atom. The SMILES string of the molecule is CN(C(=O)Cc1nccs1)[C@H](CN1CCC(O)C1)c1ccc(OCCO)cc1. The maximum atomic E-state index is 12.8. The van der Waals surface area contributed by atoms with Crippen LogP contribution in [0, 0.1) is 0 Å². The highest BCUT2D eigenvalue weighted by atomic mass is 32.1. The molecule has 7 nitrogen and oxygen atoms in total. The van der Waals surface area contributed by atoms with E-state index in [4.69, 9.17) is 9.84 Å². The predicted molar refractivity (Wildman–Crippen MR) is 107 cm³/mol. The molecule has 0 bridgehead atoms. The molecule has 2 N–H and O–H groups in total. The van der Waals surface area contributed by atoms with Crippen molar-refractivity contribution in [3.8, 4) is 5.75 Å². The molecule has 0 spiro atoms. The minimum absolute atomic E-state index is 0.0142. The molecule has 1 fully saturated rings. The third kappa shape index (κ3) is 5.51. The standard InChI is InChI=1S/C20H27N3O4S/c1-22(20(26)12-19-21-7-11-28-19)18(14-23-8-6-16(25)13-23)15-2-4-17(5-3-15)27-10-9-24/h2-5,7,11,16,18,24-25H,6,8-10,12-14H2,1H3/t16?,18-/m1/s1. The van der Waals surface area contributed by atoms with E-state index in [-0.39, 0.29) is 37.7 Å². The van der Waals surface area contributed by atoms with Crippen LogP contribution < -0.4 is 4.74 Å². The van der Waals surface area contributed by atoms with Gasteiger partial charge in [0.2, 0.25) is 5.91 Å². The summed E-state index contributed by atoms with van der Waals surface area (Å²) in [6, 6.07) is 7.49. The van der Waals surface area contributed by atoms with Crippen molar-refractivity contribution in [1.29, 1.82) is 0 Å². The molecule has 2 aromatic rings. The second-order valence-electron chi connectivity index (χ2n) is 6.97. The number of benzene rings is 1. The smallest absolute Gasteiger partial charge is 0.229 e. The molecule has 1 aromatic carbocycles. The first-order valence-electron chi connectivity index (χ1n) is 9.45. The summed E-state index contributed by atoms with van der Waals surface area (Å²) in [5.41, 5.74) is 1.01. The number of nitrogens with zero attached hydrogens (tertiary/aromatic N) is 3. The molecule has 0 radical (unpaired) electrons. The third-order valence-electron chi connectivity index (χ3n) is 4.95. The number of aliphatic hydroxyl groups excluding tert-OH is 2. The molecule has 152 valence electrons. The quantitative estimate of drug-likeness (QED) is 0.655. The molecule has 2 heterocycles. The van der Waals surface area contributed by atoms with Crippen LogP contribution in [-0.2, 0) is 11.2 Å². The van der Waals surface area contributed by atoms with E-state index in [0.29, 0.717) is 18.8 Å². The Balaban J connectivity index is 1.74. The van der Waals surface area contributed by atoms with Gasteiger partial charge in [-0.15, -0.1) is 11.3 Å². The first-order chi connectivity index (χ1) is 13.6. The number of carbonyl (C=O) groups is 1.